The Balaban J connectivity index is 1.52. The average Bonchev–Trinajstić information content (AvgIpc) is 2.74. The van der Waals surface area contributed by atoms with Crippen molar-refractivity contribution in [3.05, 3.63) is 63.6 Å². The summed E-state index contributed by atoms with van der Waals surface area (Å²) in [5, 5.41) is 3.48. The van der Waals surface area contributed by atoms with E-state index in [0.29, 0.717) is 48.1 Å². The van der Waals surface area contributed by atoms with Crippen LogP contribution in [0.4, 0.5) is 0 Å². The van der Waals surface area contributed by atoms with Crippen molar-refractivity contribution >= 4 is 39.1 Å². The average molecular weight is 485 g/mol. The Morgan fingerprint density at radius 2 is 1.90 bits per heavy atom. The second-order valence-corrected chi connectivity index (χ2v) is 10.4. The van der Waals surface area contributed by atoms with E-state index >= 15 is 0 Å². The molecule has 6 nitrogen and oxygen atoms in total. The van der Waals surface area contributed by atoms with Crippen molar-refractivity contribution in [3.8, 4) is 5.75 Å². The molecule has 0 spiro atoms. The first-order chi connectivity index (χ1) is 14.8. The van der Waals surface area contributed by atoms with E-state index in [1.807, 2.05) is 31.2 Å². The number of carbonyl (C=O) groups excluding carboxylic acids is 1. The molecule has 1 atom stereocenters. The maximum absolute atomic E-state index is 12.9. The van der Waals surface area contributed by atoms with Gasteiger partial charge in [-0.3, -0.25) is 4.79 Å². The summed E-state index contributed by atoms with van der Waals surface area (Å²) in [5.74, 6) is -0.0976. The maximum Gasteiger partial charge on any atom is 0.224 e. The van der Waals surface area contributed by atoms with Gasteiger partial charge in [-0.1, -0.05) is 41.4 Å². The van der Waals surface area contributed by atoms with Crippen LogP contribution in [0, 0.1) is 12.8 Å². The zero-order valence-electron chi connectivity index (χ0n) is 17.3. The van der Waals surface area contributed by atoms with Crippen molar-refractivity contribution in [1.82, 2.24) is 9.62 Å². The molecule has 1 N–H and O–H groups in total. The van der Waals surface area contributed by atoms with Crippen molar-refractivity contribution in [2.75, 3.05) is 26.2 Å². The van der Waals surface area contributed by atoms with Crippen LogP contribution in [0.25, 0.3) is 0 Å². The molecular weight excluding hydrogens is 459 g/mol. The molecule has 2 aromatic carbocycles. The fraction of sp³-hybridized carbons (Fsp3) is 0.409. The van der Waals surface area contributed by atoms with Gasteiger partial charge in [0.2, 0.25) is 15.9 Å². The molecule has 0 aliphatic carbocycles. The highest BCUT2D eigenvalue weighted by Gasteiger charge is 2.33. The van der Waals surface area contributed by atoms with Gasteiger partial charge in [-0.25, -0.2) is 12.7 Å². The lowest BCUT2D eigenvalue weighted by Gasteiger charge is -2.31. The minimum atomic E-state index is -3.65. The predicted octanol–water partition coefficient (Wildman–Crippen LogP) is 4.04. The predicted molar refractivity (Wildman–Crippen MR) is 123 cm³/mol. The third kappa shape index (κ3) is 6.59. The van der Waals surface area contributed by atoms with Gasteiger partial charge >= 0.3 is 0 Å². The van der Waals surface area contributed by atoms with Crippen molar-refractivity contribution in [1.29, 1.82) is 0 Å². The first-order valence-corrected chi connectivity index (χ1v) is 12.5. The van der Waals surface area contributed by atoms with Crippen LogP contribution in [0.2, 0.25) is 10.0 Å². The van der Waals surface area contributed by atoms with Gasteiger partial charge in [0.05, 0.1) is 18.2 Å². The lowest BCUT2D eigenvalue weighted by molar-refractivity contribution is -0.126. The number of hydrogen-bond donors (Lipinski definition) is 1. The first kappa shape index (κ1) is 23.9. The highest BCUT2D eigenvalue weighted by molar-refractivity contribution is 7.88. The molecule has 1 amide bonds. The van der Waals surface area contributed by atoms with Gasteiger partial charge in [0, 0.05) is 28.7 Å². The topological polar surface area (TPSA) is 75.7 Å². The number of carbonyl (C=O) groups is 1. The molecule has 0 bridgehead atoms. The Morgan fingerprint density at radius 1 is 1.19 bits per heavy atom. The van der Waals surface area contributed by atoms with Gasteiger partial charge in [-0.05, 0) is 49.6 Å². The lowest BCUT2D eigenvalue weighted by atomic mass is 9.99. The smallest absolute Gasteiger partial charge is 0.224 e. The fourth-order valence-corrected chi connectivity index (χ4v) is 5.91. The monoisotopic (exact) mass is 484 g/mol. The molecule has 168 valence electrons. The summed E-state index contributed by atoms with van der Waals surface area (Å²) in [6.07, 6.45) is 1.26. The van der Waals surface area contributed by atoms with E-state index in [2.05, 4.69) is 5.32 Å². The number of nitrogens with one attached hydrogen (secondary N) is 1. The molecule has 9 heteroatoms. The van der Waals surface area contributed by atoms with Gasteiger partial charge in [0.1, 0.15) is 12.4 Å². The summed E-state index contributed by atoms with van der Waals surface area (Å²) in [4.78, 5) is 12.6. The second kappa shape index (κ2) is 10.7. The van der Waals surface area contributed by atoms with E-state index in [0.717, 1.165) is 11.3 Å². The van der Waals surface area contributed by atoms with Crippen LogP contribution in [-0.4, -0.2) is 44.9 Å². The number of rotatable bonds is 8. The van der Waals surface area contributed by atoms with Crippen LogP contribution in [0.15, 0.2) is 42.5 Å². The maximum atomic E-state index is 12.9. The van der Waals surface area contributed by atoms with Gasteiger partial charge in [0.25, 0.3) is 0 Å². The number of hydrogen-bond acceptors (Lipinski definition) is 4. The fourth-order valence-electron chi connectivity index (χ4n) is 3.55. The van der Waals surface area contributed by atoms with Crippen molar-refractivity contribution in [3.63, 3.8) is 0 Å². The molecule has 1 saturated heterocycles. The van der Waals surface area contributed by atoms with Crippen molar-refractivity contribution in [2.24, 2.45) is 5.92 Å². The van der Waals surface area contributed by atoms with Gasteiger partial charge in [-0.15, -0.1) is 0 Å². The summed E-state index contributed by atoms with van der Waals surface area (Å²) in [6, 6.07) is 12.6. The molecule has 1 heterocycles. The Kier molecular flexibility index (Phi) is 8.22. The molecule has 31 heavy (non-hydrogen) atoms. The number of ether oxygens (including phenoxy) is 1. The van der Waals surface area contributed by atoms with E-state index in [1.165, 1.54) is 4.31 Å². The summed E-state index contributed by atoms with van der Waals surface area (Å²) in [7, 11) is -3.65. The van der Waals surface area contributed by atoms with Gasteiger partial charge in [0.15, 0.2) is 0 Å². The third-order valence-corrected chi connectivity index (χ3v) is 7.68. The molecule has 1 unspecified atom stereocenters. The first-order valence-electron chi connectivity index (χ1n) is 10.1. The minimum Gasteiger partial charge on any atom is -0.492 e. The number of halogens is 2. The van der Waals surface area contributed by atoms with E-state index in [1.54, 1.807) is 18.2 Å². The number of nitrogens with zero attached hydrogens (tertiary/aromatic N) is 1. The molecule has 0 saturated carbocycles. The number of amides is 1. The summed E-state index contributed by atoms with van der Waals surface area (Å²) < 4.78 is 32.9. The summed E-state index contributed by atoms with van der Waals surface area (Å²) in [6.45, 7) is 3.21. The van der Waals surface area contributed by atoms with Crippen LogP contribution in [-0.2, 0) is 20.6 Å². The van der Waals surface area contributed by atoms with E-state index in [9.17, 15) is 13.2 Å². The molecule has 1 aliphatic rings. The second-order valence-electron chi connectivity index (χ2n) is 7.61. The standard InChI is InChI=1S/C22H26Cl2N2O4S/c1-16-5-2-7-18(13-16)30-12-10-25-22(27)17-6-4-11-26(14-17)31(28,29)15-19-20(23)8-3-9-21(19)24/h2-3,5,7-9,13,17H,4,6,10-12,14-15H2,1H3,(H,25,27). The van der Waals surface area contributed by atoms with E-state index in [-0.39, 0.29) is 18.2 Å². The van der Waals surface area contributed by atoms with Crippen LogP contribution >= 0.6 is 23.2 Å². The van der Waals surface area contributed by atoms with Gasteiger partial charge < -0.3 is 10.1 Å². The number of benzene rings is 2. The molecule has 3 rings (SSSR count). The molecule has 0 radical (unpaired) electrons. The largest absolute Gasteiger partial charge is 0.492 e. The van der Waals surface area contributed by atoms with Crippen LogP contribution in [0.5, 0.6) is 5.75 Å². The molecule has 0 aromatic heterocycles. The third-order valence-electron chi connectivity index (χ3n) is 5.20. The number of aryl methyl sites for hydroxylation is 1. The van der Waals surface area contributed by atoms with E-state index in [4.69, 9.17) is 27.9 Å². The number of sulfonamides is 1. The minimum absolute atomic E-state index is 0.148. The van der Waals surface area contributed by atoms with Gasteiger partial charge in [-0.2, -0.15) is 0 Å². The quantitative estimate of drug-likeness (QED) is 0.573. The Labute approximate surface area is 193 Å². The Hall–Kier alpha value is -1.80. The lowest BCUT2D eigenvalue weighted by Crippen LogP contribution is -2.46. The Bertz CT molecular complexity index is 1010. The van der Waals surface area contributed by atoms with Crippen LogP contribution in [0.3, 0.4) is 0 Å². The normalized spacial score (nSPS) is 17.3. The summed E-state index contributed by atoms with van der Waals surface area (Å²) in [5.41, 5.74) is 1.48. The van der Waals surface area contributed by atoms with Crippen LogP contribution < -0.4 is 10.1 Å². The van der Waals surface area contributed by atoms with E-state index < -0.39 is 15.9 Å². The summed E-state index contributed by atoms with van der Waals surface area (Å²) >= 11 is 12.3. The van der Waals surface area contributed by atoms with Crippen LogP contribution in [0.1, 0.15) is 24.0 Å². The van der Waals surface area contributed by atoms with Crippen molar-refractivity contribution in [2.45, 2.75) is 25.5 Å². The van der Waals surface area contributed by atoms with Crippen molar-refractivity contribution < 1.29 is 17.9 Å². The number of piperidine rings is 1. The zero-order chi connectivity index (χ0) is 22.4. The molecule has 1 fully saturated rings. The highest BCUT2D eigenvalue weighted by Crippen LogP contribution is 2.29. The zero-order valence-corrected chi connectivity index (χ0v) is 19.6. The highest BCUT2D eigenvalue weighted by atomic mass is 35.5. The molecule has 1 aliphatic heterocycles. The molecule has 2 aromatic rings. The molecular formula is C22H26Cl2N2O4S. The SMILES string of the molecule is Cc1cccc(OCCNC(=O)C2CCCN(S(=O)(=O)Cc3c(Cl)cccc3Cl)C2)c1. The Morgan fingerprint density at radius 3 is 2.61 bits per heavy atom.